The van der Waals surface area contributed by atoms with Gasteiger partial charge in [0.05, 0.1) is 6.61 Å². The Morgan fingerprint density at radius 3 is 3.21 bits per heavy atom. The number of aliphatic hydroxyl groups is 1. The number of H-pyrrole nitrogens is 1. The van der Waals surface area contributed by atoms with Gasteiger partial charge in [0.15, 0.2) is 5.16 Å². The van der Waals surface area contributed by atoms with Crippen molar-refractivity contribution in [1.82, 2.24) is 15.3 Å². The van der Waals surface area contributed by atoms with Crippen molar-refractivity contribution in [3.63, 3.8) is 0 Å². The molecule has 0 saturated heterocycles. The van der Waals surface area contributed by atoms with E-state index >= 15 is 0 Å². The number of hydrogen-bond acceptors (Lipinski definition) is 4. The zero-order valence-corrected chi connectivity index (χ0v) is 12.5. The van der Waals surface area contributed by atoms with Crippen molar-refractivity contribution in [2.75, 3.05) is 18.9 Å². The Hall–Kier alpha value is -0.520. The maximum absolute atomic E-state index is 9.81. The molecule has 1 saturated carbocycles. The number of imidazole rings is 1. The van der Waals surface area contributed by atoms with Crippen molar-refractivity contribution in [1.29, 1.82) is 0 Å². The van der Waals surface area contributed by atoms with Gasteiger partial charge in [-0.15, -0.1) is 0 Å². The summed E-state index contributed by atoms with van der Waals surface area (Å²) in [4.78, 5) is 7.35. The van der Waals surface area contributed by atoms with Gasteiger partial charge in [-0.2, -0.15) is 0 Å². The fraction of sp³-hybridized carbons (Fsp3) is 0.786. The highest BCUT2D eigenvalue weighted by molar-refractivity contribution is 7.99. The van der Waals surface area contributed by atoms with Gasteiger partial charge in [0.2, 0.25) is 0 Å². The van der Waals surface area contributed by atoms with Gasteiger partial charge < -0.3 is 15.4 Å². The van der Waals surface area contributed by atoms with E-state index in [0.717, 1.165) is 36.7 Å². The second-order valence-electron chi connectivity index (χ2n) is 5.36. The first kappa shape index (κ1) is 14.9. The molecule has 0 bridgehead atoms. The van der Waals surface area contributed by atoms with Crippen LogP contribution >= 0.6 is 11.8 Å². The molecule has 2 rings (SSSR count). The van der Waals surface area contributed by atoms with Crippen molar-refractivity contribution in [2.24, 2.45) is 5.92 Å². The monoisotopic (exact) mass is 283 g/mol. The standard InChI is InChI=1S/C14H25N3OS/c1-2-7-17-14(11-18)6-3-4-12(14)5-10-19-13-15-8-9-16-13/h8-9,12,17-18H,2-7,10-11H2,1H3,(H,15,16). The molecule has 0 amide bonds. The van der Waals surface area contributed by atoms with Gasteiger partial charge in [-0.05, 0) is 38.1 Å². The second-order valence-corrected chi connectivity index (χ2v) is 6.45. The molecule has 1 heterocycles. The van der Waals surface area contributed by atoms with Gasteiger partial charge in [0, 0.05) is 23.7 Å². The van der Waals surface area contributed by atoms with Gasteiger partial charge >= 0.3 is 0 Å². The molecule has 1 aromatic heterocycles. The average molecular weight is 283 g/mol. The number of aromatic nitrogens is 2. The van der Waals surface area contributed by atoms with E-state index in [0.29, 0.717) is 5.92 Å². The minimum atomic E-state index is -0.0280. The lowest BCUT2D eigenvalue weighted by Crippen LogP contribution is -2.51. The van der Waals surface area contributed by atoms with Crippen LogP contribution in [-0.2, 0) is 0 Å². The third-order valence-corrected chi connectivity index (χ3v) is 5.08. The average Bonchev–Trinajstić information content (AvgIpc) is 3.07. The summed E-state index contributed by atoms with van der Waals surface area (Å²) in [6.07, 6.45) is 9.48. The Morgan fingerprint density at radius 2 is 2.53 bits per heavy atom. The molecule has 0 radical (unpaired) electrons. The minimum Gasteiger partial charge on any atom is -0.394 e. The highest BCUT2D eigenvalue weighted by Gasteiger charge is 2.41. The summed E-state index contributed by atoms with van der Waals surface area (Å²) >= 11 is 1.77. The van der Waals surface area contributed by atoms with Crippen molar-refractivity contribution < 1.29 is 5.11 Å². The highest BCUT2D eigenvalue weighted by atomic mass is 32.2. The molecule has 1 fully saturated rings. The fourth-order valence-electron chi connectivity index (χ4n) is 3.06. The Labute approximate surface area is 119 Å². The van der Waals surface area contributed by atoms with E-state index in [9.17, 15) is 5.11 Å². The first-order chi connectivity index (χ1) is 9.30. The summed E-state index contributed by atoms with van der Waals surface area (Å²) < 4.78 is 0. The smallest absolute Gasteiger partial charge is 0.165 e. The molecule has 0 spiro atoms. The van der Waals surface area contributed by atoms with Crippen LogP contribution in [0.5, 0.6) is 0 Å². The summed E-state index contributed by atoms with van der Waals surface area (Å²) in [5, 5.41) is 14.4. The van der Waals surface area contributed by atoms with Crippen molar-refractivity contribution >= 4 is 11.8 Å². The normalized spacial score (nSPS) is 26.9. The molecule has 108 valence electrons. The molecule has 4 nitrogen and oxygen atoms in total. The SMILES string of the molecule is CCCNC1(CO)CCCC1CCSc1ncc[nH]1. The third-order valence-electron chi connectivity index (χ3n) is 4.14. The molecule has 19 heavy (non-hydrogen) atoms. The highest BCUT2D eigenvalue weighted by Crippen LogP contribution is 2.38. The molecule has 3 N–H and O–H groups in total. The maximum atomic E-state index is 9.81. The quantitative estimate of drug-likeness (QED) is 0.641. The summed E-state index contributed by atoms with van der Waals surface area (Å²) in [6, 6.07) is 0. The summed E-state index contributed by atoms with van der Waals surface area (Å²) in [5.41, 5.74) is -0.0280. The van der Waals surface area contributed by atoms with Crippen molar-refractivity contribution in [3.05, 3.63) is 12.4 Å². The van der Waals surface area contributed by atoms with Crippen LogP contribution in [0.3, 0.4) is 0 Å². The molecule has 0 aliphatic heterocycles. The summed E-state index contributed by atoms with van der Waals surface area (Å²) in [6.45, 7) is 3.44. The molecule has 1 aliphatic carbocycles. The predicted molar refractivity (Wildman–Crippen MR) is 79.4 cm³/mol. The molecule has 5 heteroatoms. The van der Waals surface area contributed by atoms with Crippen LogP contribution in [0.2, 0.25) is 0 Å². The van der Waals surface area contributed by atoms with E-state index in [1.54, 1.807) is 18.0 Å². The van der Waals surface area contributed by atoms with Crippen LogP contribution in [0, 0.1) is 5.92 Å². The van der Waals surface area contributed by atoms with E-state index in [1.165, 1.54) is 12.8 Å². The van der Waals surface area contributed by atoms with Crippen LogP contribution in [0.1, 0.15) is 39.0 Å². The number of aliphatic hydroxyl groups excluding tert-OH is 1. The number of nitrogens with zero attached hydrogens (tertiary/aromatic N) is 1. The third kappa shape index (κ3) is 3.74. The molecule has 2 unspecified atom stereocenters. The Kier molecular flexibility index (Phi) is 5.73. The first-order valence-corrected chi connectivity index (χ1v) is 8.27. The topological polar surface area (TPSA) is 60.9 Å². The minimum absolute atomic E-state index is 0.0280. The lowest BCUT2D eigenvalue weighted by molar-refractivity contribution is 0.122. The lowest BCUT2D eigenvalue weighted by atomic mass is 9.85. The predicted octanol–water partition coefficient (Wildman–Crippen LogP) is 2.42. The van der Waals surface area contributed by atoms with Gasteiger partial charge in [-0.25, -0.2) is 4.98 Å². The van der Waals surface area contributed by atoms with E-state index < -0.39 is 0 Å². The zero-order valence-electron chi connectivity index (χ0n) is 11.7. The number of rotatable bonds is 8. The zero-order chi connectivity index (χ0) is 13.6. The number of nitrogens with one attached hydrogen (secondary N) is 2. The van der Waals surface area contributed by atoms with E-state index in [2.05, 4.69) is 22.2 Å². The van der Waals surface area contributed by atoms with Gasteiger partial charge in [0.1, 0.15) is 0 Å². The summed E-state index contributed by atoms with van der Waals surface area (Å²) in [5.74, 6) is 1.65. The fourth-order valence-corrected chi connectivity index (χ4v) is 3.95. The molecule has 1 aliphatic rings. The van der Waals surface area contributed by atoms with Crippen molar-refractivity contribution in [2.45, 2.75) is 49.7 Å². The molecular formula is C14H25N3OS. The maximum Gasteiger partial charge on any atom is 0.165 e. The van der Waals surface area contributed by atoms with Gasteiger partial charge in [-0.3, -0.25) is 0 Å². The van der Waals surface area contributed by atoms with Crippen LogP contribution in [0.15, 0.2) is 17.6 Å². The van der Waals surface area contributed by atoms with E-state index in [-0.39, 0.29) is 12.1 Å². The Bertz CT molecular complexity index is 358. The molecule has 1 aromatic rings. The van der Waals surface area contributed by atoms with Gasteiger partial charge in [-0.1, -0.05) is 25.1 Å². The van der Waals surface area contributed by atoms with E-state index in [1.807, 2.05) is 6.20 Å². The molecule has 0 aromatic carbocycles. The lowest BCUT2D eigenvalue weighted by Gasteiger charge is -2.35. The van der Waals surface area contributed by atoms with E-state index in [4.69, 9.17) is 0 Å². The van der Waals surface area contributed by atoms with Crippen LogP contribution in [0.25, 0.3) is 0 Å². The Morgan fingerprint density at radius 1 is 1.63 bits per heavy atom. The van der Waals surface area contributed by atoms with Crippen LogP contribution < -0.4 is 5.32 Å². The number of hydrogen-bond donors (Lipinski definition) is 3. The number of aromatic amines is 1. The van der Waals surface area contributed by atoms with Gasteiger partial charge in [0.25, 0.3) is 0 Å². The molecular weight excluding hydrogens is 258 g/mol. The number of thioether (sulfide) groups is 1. The largest absolute Gasteiger partial charge is 0.394 e. The summed E-state index contributed by atoms with van der Waals surface area (Å²) in [7, 11) is 0. The first-order valence-electron chi connectivity index (χ1n) is 7.29. The van der Waals surface area contributed by atoms with Crippen LogP contribution in [-0.4, -0.2) is 39.5 Å². The second kappa shape index (κ2) is 7.31. The van der Waals surface area contributed by atoms with Crippen LogP contribution in [0.4, 0.5) is 0 Å². The molecule has 2 atom stereocenters. The van der Waals surface area contributed by atoms with Crippen molar-refractivity contribution in [3.8, 4) is 0 Å². The Balaban J connectivity index is 1.83.